The Morgan fingerprint density at radius 2 is 1.81 bits per heavy atom. The zero-order valence-electron chi connectivity index (χ0n) is 12.3. The topological polar surface area (TPSA) is 23.5 Å². The van der Waals surface area contributed by atoms with Gasteiger partial charge in [0, 0.05) is 12.1 Å². The smallest absolute Gasteiger partial charge is 0.146 e. The fraction of sp³-hybridized carbons (Fsp3) is 0.294. The first-order valence-electron chi connectivity index (χ1n) is 6.86. The Bertz CT molecular complexity index is 630. The van der Waals surface area contributed by atoms with Crippen molar-refractivity contribution in [3.63, 3.8) is 0 Å². The number of hydrogen-bond donors (Lipinski definition) is 1. The van der Waals surface area contributed by atoms with Gasteiger partial charge >= 0.3 is 0 Å². The van der Waals surface area contributed by atoms with Crippen molar-refractivity contribution in [2.75, 3.05) is 11.9 Å². The highest BCUT2D eigenvalue weighted by Gasteiger charge is 2.17. The first-order chi connectivity index (χ1) is 9.90. The maximum Gasteiger partial charge on any atom is 0.146 e. The van der Waals surface area contributed by atoms with Crippen LogP contribution in [-0.4, -0.2) is 12.2 Å². The molecule has 0 saturated carbocycles. The van der Waals surface area contributed by atoms with Gasteiger partial charge < -0.3 is 10.0 Å². The number of benzene rings is 2. The molecular weight excluding hydrogens is 289 g/mol. The minimum absolute atomic E-state index is 0.0180. The SMILES string of the molecule is CC(c1cccc(Cl)c1)N(C)c1ccc([C@H](C)O)cc1F. The second-order valence-electron chi connectivity index (χ2n) is 5.23. The van der Waals surface area contributed by atoms with E-state index in [2.05, 4.69) is 0 Å². The zero-order chi connectivity index (χ0) is 15.6. The summed E-state index contributed by atoms with van der Waals surface area (Å²) in [5.74, 6) is -0.343. The Kier molecular flexibility index (Phi) is 4.86. The van der Waals surface area contributed by atoms with Crippen molar-refractivity contribution in [2.45, 2.75) is 26.0 Å². The Hall–Kier alpha value is -1.58. The van der Waals surface area contributed by atoms with Gasteiger partial charge in [0.2, 0.25) is 0 Å². The van der Waals surface area contributed by atoms with Crippen LogP contribution in [0.3, 0.4) is 0 Å². The first kappa shape index (κ1) is 15.8. The second-order valence-corrected chi connectivity index (χ2v) is 5.67. The van der Waals surface area contributed by atoms with Gasteiger partial charge in [0.1, 0.15) is 5.82 Å². The van der Waals surface area contributed by atoms with Gasteiger partial charge in [-0.3, -0.25) is 0 Å². The third-order valence-corrected chi connectivity index (χ3v) is 3.98. The maximum atomic E-state index is 14.2. The molecule has 112 valence electrons. The Labute approximate surface area is 129 Å². The van der Waals surface area contributed by atoms with Gasteiger partial charge in [0.25, 0.3) is 0 Å². The summed E-state index contributed by atoms with van der Waals surface area (Å²) < 4.78 is 14.2. The summed E-state index contributed by atoms with van der Waals surface area (Å²) in [5.41, 5.74) is 2.08. The number of nitrogens with zero attached hydrogens (tertiary/aromatic N) is 1. The van der Waals surface area contributed by atoms with Gasteiger partial charge in [0.05, 0.1) is 17.8 Å². The van der Waals surface area contributed by atoms with E-state index in [9.17, 15) is 9.50 Å². The molecule has 0 amide bonds. The van der Waals surface area contributed by atoms with Gasteiger partial charge in [-0.15, -0.1) is 0 Å². The summed E-state index contributed by atoms with van der Waals surface area (Å²) >= 11 is 6.01. The van der Waals surface area contributed by atoms with Crippen molar-refractivity contribution in [2.24, 2.45) is 0 Å². The van der Waals surface area contributed by atoms with E-state index in [4.69, 9.17) is 11.6 Å². The molecule has 0 fully saturated rings. The molecule has 0 heterocycles. The van der Waals surface area contributed by atoms with Crippen molar-refractivity contribution in [3.8, 4) is 0 Å². The molecule has 2 aromatic carbocycles. The molecule has 0 bridgehead atoms. The highest BCUT2D eigenvalue weighted by Crippen LogP contribution is 2.30. The molecule has 0 saturated heterocycles. The van der Waals surface area contributed by atoms with E-state index >= 15 is 0 Å². The monoisotopic (exact) mass is 307 g/mol. The average molecular weight is 308 g/mol. The molecule has 21 heavy (non-hydrogen) atoms. The molecule has 0 aromatic heterocycles. The van der Waals surface area contributed by atoms with E-state index in [1.54, 1.807) is 19.1 Å². The number of rotatable bonds is 4. The minimum Gasteiger partial charge on any atom is -0.389 e. The summed E-state index contributed by atoms with van der Waals surface area (Å²) in [6.07, 6.45) is -0.677. The lowest BCUT2D eigenvalue weighted by Gasteiger charge is -2.28. The molecule has 1 N–H and O–H groups in total. The summed E-state index contributed by atoms with van der Waals surface area (Å²) in [6, 6.07) is 12.3. The van der Waals surface area contributed by atoms with Crippen molar-refractivity contribution >= 4 is 17.3 Å². The maximum absolute atomic E-state index is 14.2. The van der Waals surface area contributed by atoms with Crippen LogP contribution in [0.15, 0.2) is 42.5 Å². The Morgan fingerprint density at radius 3 is 2.38 bits per heavy atom. The van der Waals surface area contributed by atoms with Crippen LogP contribution >= 0.6 is 11.6 Å². The molecule has 0 spiro atoms. The van der Waals surface area contributed by atoms with Crippen LogP contribution in [0.2, 0.25) is 5.02 Å². The summed E-state index contributed by atoms with van der Waals surface area (Å²) in [7, 11) is 1.84. The van der Waals surface area contributed by atoms with Gasteiger partial charge in [-0.05, 0) is 49.2 Å². The Morgan fingerprint density at radius 1 is 1.10 bits per heavy atom. The lowest BCUT2D eigenvalue weighted by molar-refractivity contribution is 0.199. The van der Waals surface area contributed by atoms with E-state index in [0.717, 1.165) is 5.56 Å². The highest BCUT2D eigenvalue weighted by molar-refractivity contribution is 6.30. The lowest BCUT2D eigenvalue weighted by Crippen LogP contribution is -2.22. The molecule has 4 heteroatoms. The van der Waals surface area contributed by atoms with E-state index < -0.39 is 6.10 Å². The molecule has 2 aromatic rings. The molecule has 2 atom stereocenters. The van der Waals surface area contributed by atoms with Gasteiger partial charge in [-0.2, -0.15) is 0 Å². The summed E-state index contributed by atoms with van der Waals surface area (Å²) in [5, 5.41) is 10.2. The number of aliphatic hydroxyl groups is 1. The number of halogens is 2. The molecule has 0 aliphatic carbocycles. The van der Waals surface area contributed by atoms with E-state index in [0.29, 0.717) is 16.3 Å². The van der Waals surface area contributed by atoms with Crippen LogP contribution in [0.1, 0.15) is 37.1 Å². The van der Waals surface area contributed by atoms with Gasteiger partial charge in [-0.1, -0.05) is 29.8 Å². The molecular formula is C17H19ClFNO. The molecule has 0 radical (unpaired) electrons. The first-order valence-corrected chi connectivity index (χ1v) is 7.23. The third-order valence-electron chi connectivity index (χ3n) is 3.75. The van der Waals surface area contributed by atoms with Crippen LogP contribution in [0, 0.1) is 5.82 Å². The van der Waals surface area contributed by atoms with Crippen LogP contribution in [0.5, 0.6) is 0 Å². The normalized spacial score (nSPS) is 13.8. The second kappa shape index (κ2) is 6.46. The third kappa shape index (κ3) is 3.55. The number of anilines is 1. The lowest BCUT2D eigenvalue weighted by atomic mass is 10.1. The molecule has 0 aliphatic rings. The van der Waals surface area contributed by atoms with Crippen molar-refractivity contribution < 1.29 is 9.50 Å². The number of hydrogen-bond acceptors (Lipinski definition) is 2. The van der Waals surface area contributed by atoms with Crippen LogP contribution in [0.25, 0.3) is 0 Å². The quantitative estimate of drug-likeness (QED) is 0.882. The average Bonchev–Trinajstić information content (AvgIpc) is 2.45. The van der Waals surface area contributed by atoms with Crippen molar-refractivity contribution in [3.05, 3.63) is 64.4 Å². The summed E-state index contributed by atoms with van der Waals surface area (Å²) in [6.45, 7) is 3.61. The zero-order valence-corrected chi connectivity index (χ0v) is 13.1. The van der Waals surface area contributed by atoms with Gasteiger partial charge in [0.15, 0.2) is 0 Å². The molecule has 2 nitrogen and oxygen atoms in total. The molecule has 0 aliphatic heterocycles. The standard InChI is InChI=1S/C17H19ClFNO/c1-11(13-5-4-6-15(18)9-13)20(3)17-8-7-14(12(2)21)10-16(17)19/h4-12,21H,1-3H3/t11?,12-/m0/s1. The van der Waals surface area contributed by atoms with Crippen LogP contribution < -0.4 is 4.90 Å². The van der Waals surface area contributed by atoms with E-state index in [-0.39, 0.29) is 11.9 Å². The highest BCUT2D eigenvalue weighted by atomic mass is 35.5. The minimum atomic E-state index is -0.677. The fourth-order valence-electron chi connectivity index (χ4n) is 2.27. The van der Waals surface area contributed by atoms with Crippen molar-refractivity contribution in [1.82, 2.24) is 0 Å². The van der Waals surface area contributed by atoms with E-state index in [1.165, 1.54) is 6.07 Å². The van der Waals surface area contributed by atoms with Crippen LogP contribution in [-0.2, 0) is 0 Å². The summed E-state index contributed by atoms with van der Waals surface area (Å²) in [4.78, 5) is 1.85. The van der Waals surface area contributed by atoms with Crippen LogP contribution in [0.4, 0.5) is 10.1 Å². The van der Waals surface area contributed by atoms with Crippen molar-refractivity contribution in [1.29, 1.82) is 0 Å². The fourth-order valence-corrected chi connectivity index (χ4v) is 2.47. The predicted molar refractivity (Wildman–Crippen MR) is 85.3 cm³/mol. The number of aliphatic hydroxyl groups excluding tert-OH is 1. The Balaban J connectivity index is 2.29. The largest absolute Gasteiger partial charge is 0.389 e. The predicted octanol–water partition coefficient (Wildman–Crippen LogP) is 4.73. The van der Waals surface area contributed by atoms with E-state index in [1.807, 2.05) is 43.1 Å². The van der Waals surface area contributed by atoms with Gasteiger partial charge in [-0.25, -0.2) is 4.39 Å². The molecule has 2 rings (SSSR count). The molecule has 1 unspecified atom stereocenters.